The summed E-state index contributed by atoms with van der Waals surface area (Å²) in [6.07, 6.45) is 0. The summed E-state index contributed by atoms with van der Waals surface area (Å²) < 4.78 is 19.3. The molecule has 1 saturated heterocycles. The van der Waals surface area contributed by atoms with Gasteiger partial charge in [-0.05, 0) is 36.6 Å². The van der Waals surface area contributed by atoms with Crippen LogP contribution in [-0.4, -0.2) is 31.6 Å². The van der Waals surface area contributed by atoms with Gasteiger partial charge in [-0.15, -0.1) is 12.4 Å². The van der Waals surface area contributed by atoms with Gasteiger partial charge in [-0.2, -0.15) is 0 Å². The van der Waals surface area contributed by atoms with E-state index in [1.807, 2.05) is 27.7 Å². The van der Waals surface area contributed by atoms with E-state index in [2.05, 4.69) is 10.6 Å². The Balaban J connectivity index is 0.00000288. The van der Waals surface area contributed by atoms with E-state index in [-0.39, 0.29) is 53.9 Å². The summed E-state index contributed by atoms with van der Waals surface area (Å²) in [7, 11) is 0. The number of halogens is 2. The molecule has 4 nitrogen and oxygen atoms in total. The van der Waals surface area contributed by atoms with Gasteiger partial charge in [-0.1, -0.05) is 39.8 Å². The number of amides is 1. The zero-order valence-electron chi connectivity index (χ0n) is 14.8. The second-order valence-corrected chi connectivity index (χ2v) is 7.38. The summed E-state index contributed by atoms with van der Waals surface area (Å²) in [6.45, 7) is 10.1. The molecule has 1 fully saturated rings. The Morgan fingerprint density at radius 2 is 2.00 bits per heavy atom. The molecule has 0 bridgehead atoms. The smallest absolute Gasteiger partial charge is 0.223 e. The first-order valence-electron chi connectivity index (χ1n) is 8.17. The fraction of sp³-hybridized carbons (Fsp3) is 0.611. The SMILES string of the molecule is CC(C(=O)NC(COc1ccccc1F)C(C)(C)C)C1CNC1.Cl. The highest BCUT2D eigenvalue weighted by Gasteiger charge is 2.33. The molecular formula is C18H28ClFN2O2. The maximum atomic E-state index is 13.7. The van der Waals surface area contributed by atoms with Crippen molar-refractivity contribution in [1.82, 2.24) is 10.6 Å². The zero-order chi connectivity index (χ0) is 17.0. The van der Waals surface area contributed by atoms with Crippen LogP contribution in [0.15, 0.2) is 24.3 Å². The molecule has 6 heteroatoms. The van der Waals surface area contributed by atoms with Gasteiger partial charge >= 0.3 is 0 Å². The van der Waals surface area contributed by atoms with Crippen LogP contribution in [0.2, 0.25) is 0 Å². The Morgan fingerprint density at radius 3 is 2.50 bits per heavy atom. The van der Waals surface area contributed by atoms with Crippen LogP contribution in [0.1, 0.15) is 27.7 Å². The third-order valence-corrected chi connectivity index (χ3v) is 4.54. The Bertz CT molecular complexity index is 544. The molecule has 2 N–H and O–H groups in total. The maximum absolute atomic E-state index is 13.7. The van der Waals surface area contributed by atoms with E-state index in [4.69, 9.17) is 4.74 Å². The van der Waals surface area contributed by atoms with Gasteiger partial charge in [0, 0.05) is 5.92 Å². The lowest BCUT2D eigenvalue weighted by Crippen LogP contribution is -2.54. The van der Waals surface area contributed by atoms with Gasteiger partial charge in [-0.25, -0.2) is 4.39 Å². The standard InChI is InChI=1S/C18H27FN2O2.ClH/c1-12(13-9-20-10-13)17(22)21-16(18(2,3)4)11-23-15-8-6-5-7-14(15)19;/h5-8,12-13,16,20H,9-11H2,1-4H3,(H,21,22);1H. The first kappa shape index (κ1) is 20.7. The molecule has 2 rings (SSSR count). The summed E-state index contributed by atoms with van der Waals surface area (Å²) in [6, 6.07) is 6.13. The van der Waals surface area contributed by atoms with Crippen molar-refractivity contribution in [3.8, 4) is 5.75 Å². The van der Waals surface area contributed by atoms with Crippen molar-refractivity contribution >= 4 is 18.3 Å². The predicted molar refractivity (Wildman–Crippen MR) is 96.1 cm³/mol. The van der Waals surface area contributed by atoms with Crippen LogP contribution in [0.3, 0.4) is 0 Å². The monoisotopic (exact) mass is 358 g/mol. The van der Waals surface area contributed by atoms with E-state index in [1.165, 1.54) is 6.07 Å². The summed E-state index contributed by atoms with van der Waals surface area (Å²) >= 11 is 0. The maximum Gasteiger partial charge on any atom is 0.223 e. The third kappa shape index (κ3) is 5.35. The highest BCUT2D eigenvalue weighted by molar-refractivity contribution is 5.85. The van der Waals surface area contributed by atoms with Crippen LogP contribution in [0.25, 0.3) is 0 Å². The Hall–Kier alpha value is -1.33. The summed E-state index contributed by atoms with van der Waals surface area (Å²) in [5.74, 6) is 0.221. The van der Waals surface area contributed by atoms with Gasteiger partial charge in [0.1, 0.15) is 6.61 Å². The molecule has 1 aliphatic heterocycles. The second-order valence-electron chi connectivity index (χ2n) is 7.38. The Morgan fingerprint density at radius 1 is 1.38 bits per heavy atom. The van der Waals surface area contributed by atoms with Gasteiger partial charge in [0.05, 0.1) is 6.04 Å². The third-order valence-electron chi connectivity index (χ3n) is 4.54. The number of para-hydroxylation sites is 1. The first-order valence-corrected chi connectivity index (χ1v) is 8.17. The molecule has 0 saturated carbocycles. The normalized spacial score (nSPS) is 17.2. The lowest BCUT2D eigenvalue weighted by atomic mass is 9.84. The van der Waals surface area contributed by atoms with E-state index < -0.39 is 0 Å². The molecule has 24 heavy (non-hydrogen) atoms. The van der Waals surface area contributed by atoms with Crippen molar-refractivity contribution in [2.75, 3.05) is 19.7 Å². The average Bonchev–Trinajstić information content (AvgIpc) is 2.41. The van der Waals surface area contributed by atoms with Crippen molar-refractivity contribution in [2.45, 2.75) is 33.7 Å². The predicted octanol–water partition coefficient (Wildman–Crippen LogP) is 3.01. The van der Waals surface area contributed by atoms with Gasteiger partial charge in [0.15, 0.2) is 11.6 Å². The zero-order valence-corrected chi connectivity index (χ0v) is 15.6. The van der Waals surface area contributed by atoms with E-state index in [1.54, 1.807) is 18.2 Å². The number of nitrogens with one attached hydrogen (secondary N) is 2. The highest BCUT2D eigenvalue weighted by Crippen LogP contribution is 2.23. The number of rotatable bonds is 6. The molecule has 0 radical (unpaired) electrons. The quantitative estimate of drug-likeness (QED) is 0.821. The summed E-state index contributed by atoms with van der Waals surface area (Å²) in [4.78, 5) is 12.4. The largest absolute Gasteiger partial charge is 0.488 e. The number of ether oxygens (including phenoxy) is 1. The molecule has 136 valence electrons. The minimum absolute atomic E-state index is 0. The number of carbonyl (C=O) groups is 1. The van der Waals surface area contributed by atoms with E-state index in [0.717, 1.165) is 13.1 Å². The van der Waals surface area contributed by atoms with Gasteiger partial charge in [-0.3, -0.25) is 4.79 Å². The van der Waals surface area contributed by atoms with Crippen LogP contribution >= 0.6 is 12.4 Å². The molecule has 2 unspecified atom stereocenters. The van der Waals surface area contributed by atoms with E-state index >= 15 is 0 Å². The van der Waals surface area contributed by atoms with Crippen LogP contribution in [0.5, 0.6) is 5.75 Å². The summed E-state index contributed by atoms with van der Waals surface area (Å²) in [5.41, 5.74) is -0.182. The summed E-state index contributed by atoms with van der Waals surface area (Å²) in [5, 5.41) is 6.27. The van der Waals surface area contributed by atoms with Crippen molar-refractivity contribution in [1.29, 1.82) is 0 Å². The highest BCUT2D eigenvalue weighted by atomic mass is 35.5. The molecule has 0 aliphatic carbocycles. The van der Waals surface area contributed by atoms with Gasteiger partial charge in [0.25, 0.3) is 0 Å². The van der Waals surface area contributed by atoms with Gasteiger partial charge in [0.2, 0.25) is 5.91 Å². The van der Waals surface area contributed by atoms with Gasteiger partial charge < -0.3 is 15.4 Å². The minimum Gasteiger partial charge on any atom is -0.488 e. The van der Waals surface area contributed by atoms with Crippen molar-refractivity contribution in [2.24, 2.45) is 17.3 Å². The fourth-order valence-corrected chi connectivity index (χ4v) is 2.42. The Kier molecular flexibility index (Phi) is 7.49. The van der Waals surface area contributed by atoms with Crippen molar-refractivity contribution in [3.63, 3.8) is 0 Å². The molecule has 1 heterocycles. The fourth-order valence-electron chi connectivity index (χ4n) is 2.42. The second kappa shape index (κ2) is 8.67. The Labute approximate surface area is 149 Å². The average molecular weight is 359 g/mol. The van der Waals surface area contributed by atoms with E-state index in [0.29, 0.717) is 5.92 Å². The van der Waals surface area contributed by atoms with Crippen LogP contribution in [-0.2, 0) is 4.79 Å². The number of hydrogen-bond donors (Lipinski definition) is 2. The topological polar surface area (TPSA) is 50.4 Å². The van der Waals surface area contributed by atoms with Crippen molar-refractivity contribution in [3.05, 3.63) is 30.1 Å². The molecule has 1 amide bonds. The molecule has 1 aromatic rings. The number of carbonyl (C=O) groups excluding carboxylic acids is 1. The lowest BCUT2D eigenvalue weighted by molar-refractivity contribution is -0.128. The van der Waals surface area contributed by atoms with Crippen LogP contribution in [0.4, 0.5) is 4.39 Å². The van der Waals surface area contributed by atoms with Crippen molar-refractivity contribution < 1.29 is 13.9 Å². The molecular weight excluding hydrogens is 331 g/mol. The molecule has 2 atom stereocenters. The molecule has 1 aliphatic rings. The molecule has 1 aromatic carbocycles. The lowest BCUT2D eigenvalue weighted by Gasteiger charge is -2.36. The minimum atomic E-state index is -0.389. The number of benzene rings is 1. The first-order chi connectivity index (χ1) is 10.8. The molecule has 0 aromatic heterocycles. The number of hydrogen-bond acceptors (Lipinski definition) is 3. The van der Waals surface area contributed by atoms with E-state index in [9.17, 15) is 9.18 Å². The van der Waals surface area contributed by atoms with Crippen LogP contribution in [0, 0.1) is 23.1 Å². The van der Waals surface area contributed by atoms with Crippen LogP contribution < -0.4 is 15.4 Å². The molecule has 0 spiro atoms.